The molecule has 2 nitrogen and oxygen atoms in total. The number of halogens is 1. The van der Waals surface area contributed by atoms with E-state index in [0.717, 1.165) is 43.4 Å². The minimum absolute atomic E-state index is 0.209. The summed E-state index contributed by atoms with van der Waals surface area (Å²) >= 11 is 3.55. The molecule has 5 rings (SSSR count). The highest BCUT2D eigenvalue weighted by Crippen LogP contribution is 2.44. The van der Waals surface area contributed by atoms with Gasteiger partial charge in [0.05, 0.1) is 11.2 Å². The van der Waals surface area contributed by atoms with Crippen molar-refractivity contribution in [2.24, 2.45) is 0 Å². The largest absolute Gasteiger partial charge is 0.465 e. The Balaban J connectivity index is 1.84. The van der Waals surface area contributed by atoms with Crippen LogP contribution in [0.2, 0.25) is 0 Å². The predicted molar refractivity (Wildman–Crippen MR) is 106 cm³/mol. The number of benzene rings is 3. The molecule has 0 aliphatic carbocycles. The number of hydrogen-bond acceptors (Lipinski definition) is 1. The van der Waals surface area contributed by atoms with Crippen molar-refractivity contribution < 1.29 is 4.74 Å². The van der Waals surface area contributed by atoms with Gasteiger partial charge in [0.25, 0.3) is 0 Å². The van der Waals surface area contributed by atoms with Gasteiger partial charge in [0.1, 0.15) is 13.6 Å². The molecule has 1 aromatic heterocycles. The first-order valence-corrected chi connectivity index (χ1v) is 8.92. The Morgan fingerprint density at radius 2 is 1.76 bits per heavy atom. The van der Waals surface area contributed by atoms with E-state index in [9.17, 15) is 0 Å². The summed E-state index contributed by atoms with van der Waals surface area (Å²) in [5.41, 5.74) is 5.23. The van der Waals surface area contributed by atoms with Gasteiger partial charge in [-0.3, -0.25) is 0 Å². The van der Waals surface area contributed by atoms with Crippen LogP contribution in [-0.4, -0.2) is 12.4 Å². The smallest absolute Gasteiger partial charge is 0.203 e. The van der Waals surface area contributed by atoms with Crippen molar-refractivity contribution >= 4 is 40.1 Å². The van der Waals surface area contributed by atoms with Crippen molar-refractivity contribution in [2.45, 2.75) is 6.23 Å². The lowest BCUT2D eigenvalue weighted by Gasteiger charge is -2.30. The second-order valence-electron chi connectivity index (χ2n) is 6.24. The SMILES string of the molecule is [B]c1ccc2c(c1)cc1n2[C@H](c2ccccc2)Oc2cc(Br)ccc2-1. The number of aromatic nitrogens is 1. The summed E-state index contributed by atoms with van der Waals surface area (Å²) in [6.07, 6.45) is -0.209. The molecule has 0 unspecified atom stereocenters. The van der Waals surface area contributed by atoms with E-state index in [-0.39, 0.29) is 6.23 Å². The third-order valence-corrected chi connectivity index (χ3v) is 5.13. The van der Waals surface area contributed by atoms with Crippen LogP contribution < -0.4 is 10.2 Å². The third kappa shape index (κ3) is 2.32. The molecule has 0 N–H and O–H groups in total. The Hall–Kier alpha value is -2.46. The maximum Gasteiger partial charge on any atom is 0.203 e. The summed E-state index contributed by atoms with van der Waals surface area (Å²) < 4.78 is 9.68. The standard InChI is InChI=1S/C21H13BBrNO/c22-15-6-9-18-14(10-15)11-19-17-8-7-16(23)12-20(17)25-21(24(18)19)13-4-2-1-3-5-13/h1-12,21H/t21-/m0/s1. The molecule has 0 bridgehead atoms. The highest BCUT2D eigenvalue weighted by atomic mass is 79.9. The summed E-state index contributed by atoms with van der Waals surface area (Å²) in [5.74, 6) is 0.881. The van der Waals surface area contributed by atoms with Crippen LogP contribution in [0.5, 0.6) is 5.75 Å². The number of ether oxygens (including phenoxy) is 1. The molecule has 3 aromatic carbocycles. The third-order valence-electron chi connectivity index (χ3n) is 4.64. The minimum atomic E-state index is -0.209. The maximum atomic E-state index is 6.42. The lowest BCUT2D eigenvalue weighted by Crippen LogP contribution is -2.22. The lowest BCUT2D eigenvalue weighted by molar-refractivity contribution is 0.173. The van der Waals surface area contributed by atoms with Gasteiger partial charge in [0.2, 0.25) is 6.23 Å². The van der Waals surface area contributed by atoms with E-state index in [2.05, 4.69) is 50.8 Å². The van der Waals surface area contributed by atoms with Gasteiger partial charge >= 0.3 is 0 Å². The van der Waals surface area contributed by atoms with Crippen LogP contribution in [-0.2, 0) is 0 Å². The van der Waals surface area contributed by atoms with Crippen molar-refractivity contribution in [3.63, 3.8) is 0 Å². The van der Waals surface area contributed by atoms with Crippen LogP contribution in [0, 0.1) is 0 Å². The summed E-state index contributed by atoms with van der Waals surface area (Å²) in [6.45, 7) is 0. The Morgan fingerprint density at radius 1 is 0.920 bits per heavy atom. The molecule has 25 heavy (non-hydrogen) atoms. The molecule has 2 heterocycles. The highest BCUT2D eigenvalue weighted by Gasteiger charge is 2.28. The topological polar surface area (TPSA) is 14.2 Å². The van der Waals surface area contributed by atoms with Gasteiger partial charge in [-0.2, -0.15) is 0 Å². The fraction of sp³-hybridized carbons (Fsp3) is 0.0476. The molecular formula is C21H13BBrNO. The Labute approximate surface area is 155 Å². The molecule has 4 aromatic rings. The van der Waals surface area contributed by atoms with Crippen LogP contribution >= 0.6 is 15.9 Å². The van der Waals surface area contributed by atoms with Gasteiger partial charge in [0, 0.05) is 15.6 Å². The predicted octanol–water partition coefficient (Wildman–Crippen LogP) is 4.80. The first-order valence-electron chi connectivity index (χ1n) is 8.13. The van der Waals surface area contributed by atoms with Crippen molar-refractivity contribution in [3.05, 3.63) is 82.8 Å². The molecule has 1 aliphatic rings. The van der Waals surface area contributed by atoms with Crippen LogP contribution in [0.1, 0.15) is 11.8 Å². The quantitative estimate of drug-likeness (QED) is 0.429. The summed E-state index contributed by atoms with van der Waals surface area (Å²) in [5, 5.41) is 1.12. The van der Waals surface area contributed by atoms with E-state index < -0.39 is 0 Å². The second-order valence-corrected chi connectivity index (χ2v) is 7.15. The van der Waals surface area contributed by atoms with E-state index in [1.165, 1.54) is 0 Å². The molecule has 118 valence electrons. The van der Waals surface area contributed by atoms with E-state index in [0.29, 0.717) is 0 Å². The van der Waals surface area contributed by atoms with Crippen molar-refractivity contribution in [3.8, 4) is 17.0 Å². The maximum absolute atomic E-state index is 6.42. The summed E-state index contributed by atoms with van der Waals surface area (Å²) in [7, 11) is 6.00. The summed E-state index contributed by atoms with van der Waals surface area (Å²) in [6, 6.07) is 24.7. The van der Waals surface area contributed by atoms with E-state index in [1.807, 2.05) is 42.5 Å². The molecule has 1 aliphatic heterocycles. The molecule has 2 radical (unpaired) electrons. The van der Waals surface area contributed by atoms with Gasteiger partial charge < -0.3 is 9.30 Å². The second kappa shape index (κ2) is 5.53. The zero-order valence-corrected chi connectivity index (χ0v) is 14.9. The first-order chi connectivity index (χ1) is 12.2. The molecule has 4 heteroatoms. The number of hydrogen-bond donors (Lipinski definition) is 0. The Bertz CT molecular complexity index is 1100. The number of nitrogens with zero attached hydrogens (tertiary/aromatic N) is 1. The molecule has 1 atom stereocenters. The van der Waals surface area contributed by atoms with Gasteiger partial charge in [-0.05, 0) is 35.7 Å². The van der Waals surface area contributed by atoms with Gasteiger partial charge in [0.15, 0.2) is 0 Å². The van der Waals surface area contributed by atoms with Crippen LogP contribution in [0.25, 0.3) is 22.2 Å². The average molecular weight is 386 g/mol. The molecule has 0 saturated heterocycles. The fourth-order valence-corrected chi connectivity index (χ4v) is 3.87. The van der Waals surface area contributed by atoms with Gasteiger partial charge in [-0.15, -0.1) is 0 Å². The first kappa shape index (κ1) is 14.9. The molecule has 0 spiro atoms. The zero-order valence-electron chi connectivity index (χ0n) is 13.3. The van der Waals surface area contributed by atoms with Crippen molar-refractivity contribution in [1.82, 2.24) is 4.57 Å². The van der Waals surface area contributed by atoms with E-state index in [1.54, 1.807) is 0 Å². The summed E-state index contributed by atoms with van der Waals surface area (Å²) in [4.78, 5) is 0. The van der Waals surface area contributed by atoms with Crippen molar-refractivity contribution in [2.75, 3.05) is 0 Å². The van der Waals surface area contributed by atoms with Crippen LogP contribution in [0.4, 0.5) is 0 Å². The molecule has 0 amide bonds. The Morgan fingerprint density at radius 3 is 2.60 bits per heavy atom. The lowest BCUT2D eigenvalue weighted by atomic mass is 9.95. The molecular weight excluding hydrogens is 373 g/mol. The fourth-order valence-electron chi connectivity index (χ4n) is 3.53. The molecule has 0 fully saturated rings. The van der Waals surface area contributed by atoms with Gasteiger partial charge in [-0.25, -0.2) is 0 Å². The van der Waals surface area contributed by atoms with Crippen molar-refractivity contribution in [1.29, 1.82) is 0 Å². The van der Waals surface area contributed by atoms with Crippen LogP contribution in [0.3, 0.4) is 0 Å². The zero-order chi connectivity index (χ0) is 17.0. The monoisotopic (exact) mass is 385 g/mol. The normalized spacial score (nSPS) is 15.5. The Kier molecular flexibility index (Phi) is 3.29. The number of fused-ring (bicyclic) bond motifs is 5. The van der Waals surface area contributed by atoms with E-state index >= 15 is 0 Å². The van der Waals surface area contributed by atoms with Gasteiger partial charge in [-0.1, -0.05) is 63.9 Å². The number of rotatable bonds is 1. The minimum Gasteiger partial charge on any atom is -0.465 e. The highest BCUT2D eigenvalue weighted by molar-refractivity contribution is 9.10. The average Bonchev–Trinajstić information content (AvgIpc) is 3.00. The van der Waals surface area contributed by atoms with Crippen LogP contribution in [0.15, 0.2) is 77.3 Å². The molecule has 0 saturated carbocycles. The van der Waals surface area contributed by atoms with E-state index in [4.69, 9.17) is 12.6 Å².